The van der Waals surface area contributed by atoms with E-state index in [1.807, 2.05) is 0 Å². The standard InChI is InChI=1S/C20H26N2O3/c1-14-5-7-15(8-6-14)19-11-21-20(25-19)12-22-9-10-24-13-17(22)16-3-2-4-18(16)23/h5-8,11,16-18,23H,2-4,9-10,12-13H2,1H3. The third-order valence-electron chi connectivity index (χ3n) is 5.53. The van der Waals surface area contributed by atoms with Crippen molar-refractivity contribution >= 4 is 0 Å². The van der Waals surface area contributed by atoms with Gasteiger partial charge in [0, 0.05) is 24.1 Å². The van der Waals surface area contributed by atoms with Crippen LogP contribution in [0.1, 0.15) is 30.7 Å². The fourth-order valence-corrected chi connectivity index (χ4v) is 4.07. The largest absolute Gasteiger partial charge is 0.439 e. The summed E-state index contributed by atoms with van der Waals surface area (Å²) < 4.78 is 11.7. The SMILES string of the molecule is Cc1ccc(-c2cnc(CN3CCOCC3C3CCCC3O)o2)cc1. The number of oxazole rings is 1. The van der Waals surface area contributed by atoms with Crippen LogP contribution < -0.4 is 0 Å². The van der Waals surface area contributed by atoms with E-state index >= 15 is 0 Å². The Balaban J connectivity index is 1.47. The molecule has 5 heteroatoms. The molecule has 2 aromatic rings. The first-order chi connectivity index (χ1) is 12.2. The second-order valence-corrected chi connectivity index (χ2v) is 7.26. The Labute approximate surface area is 148 Å². The van der Waals surface area contributed by atoms with Crippen molar-refractivity contribution in [3.8, 4) is 11.3 Å². The van der Waals surface area contributed by atoms with Gasteiger partial charge >= 0.3 is 0 Å². The molecule has 4 rings (SSSR count). The van der Waals surface area contributed by atoms with Crippen LogP contribution in [-0.2, 0) is 11.3 Å². The smallest absolute Gasteiger partial charge is 0.209 e. The Hall–Kier alpha value is -1.69. The molecular weight excluding hydrogens is 316 g/mol. The first-order valence-electron chi connectivity index (χ1n) is 9.22. The number of hydrogen-bond donors (Lipinski definition) is 1. The normalized spacial score (nSPS) is 27.7. The highest BCUT2D eigenvalue weighted by Gasteiger charge is 2.37. The summed E-state index contributed by atoms with van der Waals surface area (Å²) in [5, 5.41) is 10.3. The third kappa shape index (κ3) is 3.64. The molecular formula is C20H26N2O3. The van der Waals surface area contributed by atoms with Crippen molar-refractivity contribution in [3.05, 3.63) is 41.9 Å². The summed E-state index contributed by atoms with van der Waals surface area (Å²) in [7, 11) is 0. The summed E-state index contributed by atoms with van der Waals surface area (Å²) in [6, 6.07) is 8.53. The second kappa shape index (κ2) is 7.28. The molecule has 25 heavy (non-hydrogen) atoms. The van der Waals surface area contributed by atoms with E-state index in [2.05, 4.69) is 41.1 Å². The maximum Gasteiger partial charge on any atom is 0.209 e. The predicted molar refractivity (Wildman–Crippen MR) is 95.0 cm³/mol. The summed E-state index contributed by atoms with van der Waals surface area (Å²) >= 11 is 0. The molecule has 1 aliphatic heterocycles. The zero-order valence-corrected chi connectivity index (χ0v) is 14.7. The fraction of sp³-hybridized carbons (Fsp3) is 0.550. The maximum absolute atomic E-state index is 10.3. The lowest BCUT2D eigenvalue weighted by molar-refractivity contribution is -0.0562. The zero-order valence-electron chi connectivity index (χ0n) is 14.7. The summed E-state index contributed by atoms with van der Waals surface area (Å²) in [6.45, 7) is 5.02. The Bertz CT molecular complexity index is 697. The topological polar surface area (TPSA) is 58.7 Å². The number of aromatic nitrogens is 1. The quantitative estimate of drug-likeness (QED) is 0.925. The van der Waals surface area contributed by atoms with Crippen molar-refractivity contribution in [1.29, 1.82) is 0 Å². The van der Waals surface area contributed by atoms with Gasteiger partial charge < -0.3 is 14.3 Å². The molecule has 3 atom stereocenters. The molecule has 2 aliphatic rings. The number of aliphatic hydroxyl groups excluding tert-OH is 1. The molecule has 1 N–H and O–H groups in total. The van der Waals surface area contributed by atoms with Crippen LogP contribution in [0.15, 0.2) is 34.9 Å². The van der Waals surface area contributed by atoms with E-state index in [1.54, 1.807) is 6.20 Å². The molecule has 1 aromatic heterocycles. The summed E-state index contributed by atoms with van der Waals surface area (Å²) in [6.07, 6.45) is 4.69. The average molecular weight is 342 g/mol. The molecule has 1 aliphatic carbocycles. The van der Waals surface area contributed by atoms with Crippen LogP contribution in [0.2, 0.25) is 0 Å². The molecule has 2 fully saturated rings. The van der Waals surface area contributed by atoms with Crippen molar-refractivity contribution in [3.63, 3.8) is 0 Å². The van der Waals surface area contributed by atoms with Gasteiger partial charge in [-0.3, -0.25) is 4.90 Å². The van der Waals surface area contributed by atoms with Gasteiger partial charge in [-0.05, 0) is 19.8 Å². The Morgan fingerprint density at radius 2 is 2.08 bits per heavy atom. The summed E-state index contributed by atoms with van der Waals surface area (Å²) in [5.41, 5.74) is 2.28. The second-order valence-electron chi connectivity index (χ2n) is 7.26. The Kier molecular flexibility index (Phi) is 4.88. The molecule has 134 valence electrons. The van der Waals surface area contributed by atoms with Gasteiger partial charge in [0.15, 0.2) is 5.76 Å². The minimum absolute atomic E-state index is 0.207. The molecule has 5 nitrogen and oxygen atoms in total. The number of benzene rings is 1. The van der Waals surface area contributed by atoms with Crippen molar-refractivity contribution in [2.45, 2.75) is 44.9 Å². The van der Waals surface area contributed by atoms with Crippen LogP contribution in [0.3, 0.4) is 0 Å². The highest BCUT2D eigenvalue weighted by atomic mass is 16.5. The van der Waals surface area contributed by atoms with E-state index in [4.69, 9.17) is 9.15 Å². The third-order valence-corrected chi connectivity index (χ3v) is 5.53. The minimum Gasteiger partial charge on any atom is -0.439 e. The maximum atomic E-state index is 10.3. The number of hydrogen-bond acceptors (Lipinski definition) is 5. The van der Waals surface area contributed by atoms with Crippen LogP contribution in [0.25, 0.3) is 11.3 Å². The molecule has 1 saturated carbocycles. The van der Waals surface area contributed by atoms with Gasteiger partial charge in [0.2, 0.25) is 5.89 Å². The van der Waals surface area contributed by atoms with Gasteiger partial charge in [-0.1, -0.05) is 36.2 Å². The van der Waals surface area contributed by atoms with E-state index < -0.39 is 0 Å². The van der Waals surface area contributed by atoms with Crippen molar-refractivity contribution in [1.82, 2.24) is 9.88 Å². The molecule has 1 aromatic carbocycles. The highest BCUT2D eigenvalue weighted by molar-refractivity contribution is 5.56. The van der Waals surface area contributed by atoms with Gasteiger partial charge in [0.05, 0.1) is 32.1 Å². The Morgan fingerprint density at radius 1 is 1.24 bits per heavy atom. The number of aryl methyl sites for hydroxylation is 1. The van der Waals surface area contributed by atoms with Gasteiger partial charge in [0.25, 0.3) is 0 Å². The van der Waals surface area contributed by atoms with Crippen molar-refractivity contribution < 1.29 is 14.3 Å². The van der Waals surface area contributed by atoms with Gasteiger partial charge in [-0.2, -0.15) is 0 Å². The number of ether oxygens (including phenoxy) is 1. The first-order valence-corrected chi connectivity index (χ1v) is 9.22. The predicted octanol–water partition coefficient (Wildman–Crippen LogP) is 3.01. The number of morpholine rings is 1. The lowest BCUT2D eigenvalue weighted by Crippen LogP contribution is -2.50. The fourth-order valence-electron chi connectivity index (χ4n) is 4.07. The molecule has 1 saturated heterocycles. The average Bonchev–Trinajstić information content (AvgIpc) is 3.25. The summed E-state index contributed by atoms with van der Waals surface area (Å²) in [5.74, 6) is 1.84. The molecule has 0 bridgehead atoms. The first kappa shape index (κ1) is 16.8. The van der Waals surface area contributed by atoms with Crippen LogP contribution in [0, 0.1) is 12.8 Å². The highest BCUT2D eigenvalue weighted by Crippen LogP contribution is 2.33. The van der Waals surface area contributed by atoms with Crippen LogP contribution in [0.5, 0.6) is 0 Å². The Morgan fingerprint density at radius 3 is 2.84 bits per heavy atom. The lowest BCUT2D eigenvalue weighted by Gasteiger charge is -2.39. The number of nitrogens with zero attached hydrogens (tertiary/aromatic N) is 2. The molecule has 3 unspecified atom stereocenters. The van der Waals surface area contributed by atoms with E-state index in [1.165, 1.54) is 5.56 Å². The summed E-state index contributed by atoms with van der Waals surface area (Å²) in [4.78, 5) is 6.85. The molecule has 0 spiro atoms. The van der Waals surface area contributed by atoms with Crippen LogP contribution in [0.4, 0.5) is 0 Å². The van der Waals surface area contributed by atoms with Crippen molar-refractivity contribution in [2.75, 3.05) is 19.8 Å². The molecule has 0 radical (unpaired) electrons. The molecule has 0 amide bonds. The lowest BCUT2D eigenvalue weighted by atomic mass is 9.94. The zero-order chi connectivity index (χ0) is 17.2. The van der Waals surface area contributed by atoms with Crippen molar-refractivity contribution in [2.24, 2.45) is 5.92 Å². The minimum atomic E-state index is -0.207. The van der Waals surface area contributed by atoms with E-state index in [-0.39, 0.29) is 12.1 Å². The van der Waals surface area contributed by atoms with Crippen LogP contribution >= 0.6 is 0 Å². The van der Waals surface area contributed by atoms with Gasteiger partial charge in [0.1, 0.15) is 0 Å². The van der Waals surface area contributed by atoms with Gasteiger partial charge in [-0.25, -0.2) is 4.98 Å². The van der Waals surface area contributed by atoms with E-state index in [9.17, 15) is 5.11 Å². The number of aliphatic hydroxyl groups is 1. The number of rotatable bonds is 4. The van der Waals surface area contributed by atoms with Crippen LogP contribution in [-0.4, -0.2) is 46.9 Å². The van der Waals surface area contributed by atoms with Gasteiger partial charge in [-0.15, -0.1) is 0 Å². The van der Waals surface area contributed by atoms with E-state index in [0.29, 0.717) is 19.1 Å². The van der Waals surface area contributed by atoms with E-state index in [0.717, 1.165) is 49.6 Å². The molecule has 2 heterocycles. The monoisotopic (exact) mass is 342 g/mol.